The fourth-order valence-corrected chi connectivity index (χ4v) is 3.94. The maximum Gasteiger partial charge on any atom is 0.225 e. The van der Waals surface area contributed by atoms with Gasteiger partial charge >= 0.3 is 0 Å². The number of benzene rings is 1. The first-order valence-electron chi connectivity index (χ1n) is 8.99. The van der Waals surface area contributed by atoms with Crippen molar-refractivity contribution in [2.75, 3.05) is 19.6 Å². The van der Waals surface area contributed by atoms with Crippen molar-refractivity contribution in [1.29, 1.82) is 0 Å². The van der Waals surface area contributed by atoms with Gasteiger partial charge in [-0.05, 0) is 31.0 Å². The van der Waals surface area contributed by atoms with Gasteiger partial charge in [0.1, 0.15) is 0 Å². The van der Waals surface area contributed by atoms with Gasteiger partial charge in [0.15, 0.2) is 0 Å². The Hall–Kier alpha value is -1.59. The van der Waals surface area contributed by atoms with Crippen LogP contribution in [0.3, 0.4) is 0 Å². The molecule has 0 spiro atoms. The molecule has 1 aromatic rings. The smallest absolute Gasteiger partial charge is 0.225 e. The molecule has 4 unspecified atom stereocenters. The van der Waals surface area contributed by atoms with Crippen LogP contribution in [0.2, 0.25) is 0 Å². The number of hydrogen-bond acceptors (Lipinski definition) is 3. The van der Waals surface area contributed by atoms with E-state index in [9.17, 15) is 9.59 Å². The van der Waals surface area contributed by atoms with Gasteiger partial charge in [0.25, 0.3) is 0 Å². The van der Waals surface area contributed by atoms with Gasteiger partial charge in [-0.15, -0.1) is 12.4 Å². The topological polar surface area (TPSA) is 61.4 Å². The standard InChI is InChI=1S/C19H25N3O2.ClH/c1-12(14-9-20-10-14)19(24)21-15-7-18(23)22(11-15)17-8-16(17)13-5-3-2-4-6-13;/h2-6,12,14-17,20H,7-11H2,1H3,(H,21,24);1H. The van der Waals surface area contributed by atoms with E-state index in [1.54, 1.807) is 0 Å². The van der Waals surface area contributed by atoms with E-state index in [1.807, 2.05) is 17.9 Å². The largest absolute Gasteiger partial charge is 0.351 e. The lowest BCUT2D eigenvalue weighted by Gasteiger charge is -2.32. The van der Waals surface area contributed by atoms with Gasteiger partial charge in [0.2, 0.25) is 11.8 Å². The molecule has 0 bridgehead atoms. The molecular formula is C19H26ClN3O2. The molecule has 5 nitrogen and oxygen atoms in total. The summed E-state index contributed by atoms with van der Waals surface area (Å²) in [6, 6.07) is 10.7. The third-order valence-electron chi connectivity index (χ3n) is 5.82. The minimum atomic E-state index is -0.0301. The number of rotatable bonds is 5. The third kappa shape index (κ3) is 3.67. The molecule has 25 heavy (non-hydrogen) atoms. The number of likely N-dealkylation sites (tertiary alicyclic amines) is 1. The molecule has 136 valence electrons. The fourth-order valence-electron chi connectivity index (χ4n) is 3.94. The summed E-state index contributed by atoms with van der Waals surface area (Å²) >= 11 is 0. The van der Waals surface area contributed by atoms with Crippen molar-refractivity contribution in [2.24, 2.45) is 11.8 Å². The van der Waals surface area contributed by atoms with Crippen molar-refractivity contribution < 1.29 is 9.59 Å². The highest BCUT2D eigenvalue weighted by atomic mass is 35.5. The van der Waals surface area contributed by atoms with E-state index in [1.165, 1.54) is 5.56 Å². The molecule has 4 atom stereocenters. The summed E-state index contributed by atoms with van der Waals surface area (Å²) in [4.78, 5) is 26.7. The maximum atomic E-state index is 12.4. The third-order valence-corrected chi connectivity index (χ3v) is 5.82. The molecule has 3 fully saturated rings. The molecule has 3 aliphatic rings. The molecule has 2 N–H and O–H groups in total. The van der Waals surface area contributed by atoms with E-state index >= 15 is 0 Å². The van der Waals surface area contributed by atoms with Gasteiger partial charge in [-0.25, -0.2) is 0 Å². The van der Waals surface area contributed by atoms with Crippen molar-refractivity contribution >= 4 is 24.2 Å². The first-order chi connectivity index (χ1) is 11.6. The number of hydrogen-bond donors (Lipinski definition) is 2. The number of nitrogens with one attached hydrogen (secondary N) is 2. The molecule has 1 aromatic carbocycles. The maximum absolute atomic E-state index is 12.4. The van der Waals surface area contributed by atoms with Crippen molar-refractivity contribution in [3.8, 4) is 0 Å². The van der Waals surface area contributed by atoms with Gasteiger partial charge in [-0.1, -0.05) is 37.3 Å². The van der Waals surface area contributed by atoms with Crippen molar-refractivity contribution in [1.82, 2.24) is 15.5 Å². The Balaban J connectivity index is 0.00000182. The van der Waals surface area contributed by atoms with Crippen LogP contribution in [0.25, 0.3) is 0 Å². The number of carbonyl (C=O) groups excluding carboxylic acids is 2. The zero-order valence-corrected chi connectivity index (χ0v) is 15.3. The molecule has 0 radical (unpaired) electrons. The normalized spacial score (nSPS) is 29.6. The molecule has 0 aromatic heterocycles. The average Bonchev–Trinajstić information content (AvgIpc) is 3.24. The van der Waals surface area contributed by atoms with Crippen molar-refractivity contribution in [3.63, 3.8) is 0 Å². The van der Waals surface area contributed by atoms with E-state index in [4.69, 9.17) is 0 Å². The Labute approximate surface area is 154 Å². The van der Waals surface area contributed by atoms with E-state index < -0.39 is 0 Å². The molecule has 2 heterocycles. The van der Waals surface area contributed by atoms with Gasteiger partial charge in [-0.2, -0.15) is 0 Å². The lowest BCUT2D eigenvalue weighted by molar-refractivity contribution is -0.128. The van der Waals surface area contributed by atoms with Crippen LogP contribution >= 0.6 is 12.4 Å². The Morgan fingerprint density at radius 1 is 1.28 bits per heavy atom. The van der Waals surface area contributed by atoms with Crippen LogP contribution in [-0.2, 0) is 9.59 Å². The summed E-state index contributed by atoms with van der Waals surface area (Å²) in [6.45, 7) is 4.49. The Morgan fingerprint density at radius 2 is 2.00 bits per heavy atom. The summed E-state index contributed by atoms with van der Waals surface area (Å²) in [6.07, 6.45) is 1.49. The van der Waals surface area contributed by atoms with Gasteiger partial charge in [-0.3, -0.25) is 9.59 Å². The monoisotopic (exact) mass is 363 g/mol. The highest BCUT2D eigenvalue weighted by Gasteiger charge is 2.48. The van der Waals surface area contributed by atoms with Crippen LogP contribution in [-0.4, -0.2) is 48.4 Å². The zero-order chi connectivity index (χ0) is 16.7. The molecule has 1 aliphatic carbocycles. The minimum Gasteiger partial charge on any atom is -0.351 e. The van der Waals surface area contributed by atoms with E-state index in [0.717, 1.165) is 19.5 Å². The first-order valence-corrected chi connectivity index (χ1v) is 8.99. The van der Waals surface area contributed by atoms with Gasteiger partial charge < -0.3 is 15.5 Å². The van der Waals surface area contributed by atoms with E-state index in [2.05, 4.69) is 34.9 Å². The summed E-state index contributed by atoms with van der Waals surface area (Å²) in [7, 11) is 0. The second-order valence-corrected chi connectivity index (χ2v) is 7.48. The summed E-state index contributed by atoms with van der Waals surface area (Å²) in [5, 5.41) is 6.30. The Morgan fingerprint density at radius 3 is 2.64 bits per heavy atom. The highest BCUT2D eigenvalue weighted by molar-refractivity contribution is 5.85. The second kappa shape index (κ2) is 7.34. The molecule has 2 amide bonds. The van der Waals surface area contributed by atoms with Gasteiger partial charge in [0.05, 0.1) is 6.04 Å². The van der Waals surface area contributed by atoms with Crippen LogP contribution < -0.4 is 10.6 Å². The zero-order valence-electron chi connectivity index (χ0n) is 14.5. The lowest BCUT2D eigenvalue weighted by atomic mass is 9.88. The Bertz CT molecular complexity index is 635. The summed E-state index contributed by atoms with van der Waals surface area (Å²) in [5.41, 5.74) is 1.31. The van der Waals surface area contributed by atoms with E-state index in [0.29, 0.717) is 30.8 Å². The predicted octanol–water partition coefficient (Wildman–Crippen LogP) is 1.54. The number of amides is 2. The average molecular weight is 364 g/mol. The van der Waals surface area contributed by atoms with Gasteiger partial charge in [0, 0.05) is 30.8 Å². The quantitative estimate of drug-likeness (QED) is 0.834. The van der Waals surface area contributed by atoms with E-state index in [-0.39, 0.29) is 36.2 Å². The highest BCUT2D eigenvalue weighted by Crippen LogP contribution is 2.45. The minimum absolute atomic E-state index is 0. The molecule has 1 saturated carbocycles. The van der Waals surface area contributed by atoms with Crippen LogP contribution in [0.1, 0.15) is 31.2 Å². The second-order valence-electron chi connectivity index (χ2n) is 7.48. The molecule has 6 heteroatoms. The summed E-state index contributed by atoms with van der Waals surface area (Å²) < 4.78 is 0. The fraction of sp³-hybridized carbons (Fsp3) is 0.579. The number of nitrogens with zero attached hydrogens (tertiary/aromatic N) is 1. The Kier molecular flexibility index (Phi) is 5.35. The first kappa shape index (κ1) is 18.2. The van der Waals surface area contributed by atoms with Crippen LogP contribution in [0.4, 0.5) is 0 Å². The van der Waals surface area contributed by atoms with Crippen LogP contribution in [0.5, 0.6) is 0 Å². The van der Waals surface area contributed by atoms with Crippen LogP contribution in [0.15, 0.2) is 30.3 Å². The predicted molar refractivity (Wildman–Crippen MR) is 98.6 cm³/mol. The summed E-state index contributed by atoms with van der Waals surface area (Å²) in [5.74, 6) is 1.19. The molecule has 4 rings (SSSR count). The molecular weight excluding hydrogens is 338 g/mol. The van der Waals surface area contributed by atoms with Crippen molar-refractivity contribution in [2.45, 2.75) is 37.8 Å². The number of carbonyl (C=O) groups is 2. The van der Waals surface area contributed by atoms with Crippen molar-refractivity contribution in [3.05, 3.63) is 35.9 Å². The van der Waals surface area contributed by atoms with Crippen LogP contribution in [0, 0.1) is 11.8 Å². The number of halogens is 1. The lowest BCUT2D eigenvalue weighted by Crippen LogP contribution is -2.51. The molecule has 2 saturated heterocycles. The molecule has 2 aliphatic heterocycles. The SMILES string of the molecule is CC(C(=O)NC1CC(=O)N(C2CC2c2ccccc2)C1)C1CNC1.Cl.